The van der Waals surface area contributed by atoms with E-state index in [4.69, 9.17) is 18.9 Å². The van der Waals surface area contributed by atoms with Crippen LogP contribution in [0.15, 0.2) is 91.3 Å². The summed E-state index contributed by atoms with van der Waals surface area (Å²) < 4.78 is 25.9. The zero-order valence-electron chi connectivity index (χ0n) is 20.2. The van der Waals surface area contributed by atoms with Gasteiger partial charge in [0, 0.05) is 40.1 Å². The van der Waals surface area contributed by atoms with Crippen LogP contribution >= 0.6 is 0 Å². The van der Waals surface area contributed by atoms with Crippen molar-refractivity contribution in [2.75, 3.05) is 0 Å². The molecule has 4 atom stereocenters. The van der Waals surface area contributed by atoms with Crippen LogP contribution in [0.2, 0.25) is 0 Å². The minimum absolute atomic E-state index is 0.132. The first-order valence-corrected chi connectivity index (χ1v) is 12.4. The maximum Gasteiger partial charge on any atom is 0.191 e. The lowest BCUT2D eigenvalue weighted by atomic mass is 9.83. The van der Waals surface area contributed by atoms with E-state index < -0.39 is 12.1 Å². The predicted octanol–water partition coefficient (Wildman–Crippen LogP) is 6.11. The average Bonchev–Trinajstić information content (AvgIpc) is 3.64. The second kappa shape index (κ2) is 8.23. The summed E-state index contributed by atoms with van der Waals surface area (Å²) in [4.78, 5) is 6.92. The van der Waals surface area contributed by atoms with Gasteiger partial charge in [-0.3, -0.25) is 0 Å². The molecule has 0 saturated carbocycles. The van der Waals surface area contributed by atoms with E-state index in [0.29, 0.717) is 0 Å². The third-order valence-corrected chi connectivity index (χ3v) is 7.28. The molecule has 2 aliphatic rings. The molecule has 0 bridgehead atoms. The van der Waals surface area contributed by atoms with Gasteiger partial charge in [0.05, 0.1) is 0 Å². The van der Waals surface area contributed by atoms with Crippen molar-refractivity contribution < 1.29 is 18.9 Å². The molecule has 2 N–H and O–H groups in total. The molecule has 0 aliphatic carbocycles. The normalized spacial score (nSPS) is 25.1. The second-order valence-corrected chi connectivity index (χ2v) is 10.0. The lowest BCUT2D eigenvalue weighted by Crippen LogP contribution is -2.42. The van der Waals surface area contributed by atoms with Crippen molar-refractivity contribution in [1.82, 2.24) is 9.97 Å². The lowest BCUT2D eigenvalue weighted by Gasteiger charge is -2.31. The van der Waals surface area contributed by atoms with Gasteiger partial charge in [-0.25, -0.2) is 0 Å². The molecule has 2 aliphatic heterocycles. The fraction of sp³-hybridized carbons (Fsp3) is 0.267. The molecule has 7 rings (SSSR count). The Morgan fingerprint density at radius 1 is 0.750 bits per heavy atom. The van der Waals surface area contributed by atoms with Crippen LogP contribution in [-0.2, 0) is 14.2 Å². The number of H-pyrrole nitrogens is 2. The first-order valence-electron chi connectivity index (χ1n) is 12.4. The van der Waals surface area contributed by atoms with Gasteiger partial charge in [0.15, 0.2) is 24.3 Å². The van der Waals surface area contributed by atoms with Crippen LogP contribution in [0.25, 0.3) is 21.8 Å². The van der Waals surface area contributed by atoms with Gasteiger partial charge in [-0.1, -0.05) is 54.6 Å². The summed E-state index contributed by atoms with van der Waals surface area (Å²) in [6.45, 7) is 3.83. The van der Waals surface area contributed by atoms with Crippen molar-refractivity contribution >= 4 is 21.8 Å². The largest absolute Gasteiger partial charge is 0.485 e. The second-order valence-electron chi connectivity index (χ2n) is 10.0. The molecule has 0 spiro atoms. The van der Waals surface area contributed by atoms with Crippen LogP contribution in [0.5, 0.6) is 5.75 Å². The van der Waals surface area contributed by atoms with Crippen LogP contribution in [-0.4, -0.2) is 40.4 Å². The number of fused-ring (bicyclic) bond motifs is 3. The number of nitrogens with one attached hydrogen (secondary N) is 2. The summed E-state index contributed by atoms with van der Waals surface area (Å²) in [5, 5.41) is 2.32. The highest BCUT2D eigenvalue weighted by Gasteiger charge is 2.58. The van der Waals surface area contributed by atoms with Gasteiger partial charge in [-0.05, 0) is 49.2 Å². The minimum atomic E-state index is -0.740. The van der Waals surface area contributed by atoms with E-state index in [1.807, 2.05) is 56.3 Å². The van der Waals surface area contributed by atoms with Crippen molar-refractivity contribution in [3.05, 3.63) is 102 Å². The van der Waals surface area contributed by atoms with Gasteiger partial charge in [0.1, 0.15) is 11.9 Å². The summed E-state index contributed by atoms with van der Waals surface area (Å²) in [5.74, 6) is -0.0936. The molecule has 2 aromatic heterocycles. The number of ether oxygens (including phenoxy) is 4. The first kappa shape index (κ1) is 21.7. The summed E-state index contributed by atoms with van der Waals surface area (Å²) in [6, 6.07) is 26.6. The predicted molar refractivity (Wildman–Crippen MR) is 138 cm³/mol. The van der Waals surface area contributed by atoms with Crippen LogP contribution < -0.4 is 4.74 Å². The van der Waals surface area contributed by atoms with E-state index >= 15 is 0 Å². The molecule has 182 valence electrons. The molecule has 2 fully saturated rings. The molecule has 0 radical (unpaired) electrons. The third-order valence-electron chi connectivity index (χ3n) is 7.28. The quantitative estimate of drug-likeness (QED) is 0.319. The van der Waals surface area contributed by atoms with Gasteiger partial charge in [0.2, 0.25) is 0 Å². The smallest absolute Gasteiger partial charge is 0.191 e. The van der Waals surface area contributed by atoms with Crippen molar-refractivity contribution in [2.45, 2.75) is 50.2 Å². The number of hydrogen-bond acceptors (Lipinski definition) is 4. The molecule has 36 heavy (non-hydrogen) atoms. The Balaban J connectivity index is 1.39. The number of aromatic nitrogens is 2. The van der Waals surface area contributed by atoms with E-state index in [-0.39, 0.29) is 24.2 Å². The topological polar surface area (TPSA) is 68.5 Å². The number of rotatable bonds is 5. The summed E-state index contributed by atoms with van der Waals surface area (Å²) >= 11 is 0. The lowest BCUT2D eigenvalue weighted by molar-refractivity contribution is -0.214. The molecule has 5 aromatic rings. The molecule has 4 heterocycles. The highest BCUT2D eigenvalue weighted by molar-refractivity contribution is 5.88. The summed E-state index contributed by atoms with van der Waals surface area (Å²) in [5.41, 5.74) is 4.48. The number of benzene rings is 3. The highest BCUT2D eigenvalue weighted by atomic mass is 16.8. The van der Waals surface area contributed by atoms with E-state index in [0.717, 1.165) is 38.7 Å². The first-order chi connectivity index (χ1) is 17.6. The monoisotopic (exact) mass is 480 g/mol. The van der Waals surface area contributed by atoms with E-state index in [9.17, 15) is 0 Å². The molecule has 6 nitrogen and oxygen atoms in total. The Labute approximate surface area is 209 Å². The van der Waals surface area contributed by atoms with Crippen LogP contribution in [0.3, 0.4) is 0 Å². The van der Waals surface area contributed by atoms with Gasteiger partial charge >= 0.3 is 0 Å². The van der Waals surface area contributed by atoms with E-state index in [1.165, 1.54) is 0 Å². The Morgan fingerprint density at radius 2 is 1.33 bits per heavy atom. The summed E-state index contributed by atoms with van der Waals surface area (Å²) in [7, 11) is 0. The van der Waals surface area contributed by atoms with Crippen LogP contribution in [0, 0.1) is 0 Å². The van der Waals surface area contributed by atoms with E-state index in [2.05, 4.69) is 58.8 Å². The zero-order chi connectivity index (χ0) is 24.3. The minimum Gasteiger partial charge on any atom is -0.485 e. The fourth-order valence-electron chi connectivity index (χ4n) is 5.79. The maximum absolute atomic E-state index is 6.71. The van der Waals surface area contributed by atoms with Crippen molar-refractivity contribution in [1.29, 1.82) is 0 Å². The highest BCUT2D eigenvalue weighted by Crippen LogP contribution is 2.47. The maximum atomic E-state index is 6.71. The van der Waals surface area contributed by atoms with Crippen molar-refractivity contribution in [3.8, 4) is 5.75 Å². The standard InChI is InChI=1S/C30H28N2O4/c1-30(2)35-28-27(33-18-10-4-3-5-11-18)26(34-29(28)36-30)25(21-16-31-23-14-8-6-12-19(21)23)22-17-32-24-15-9-7-13-20(22)24/h3-17,25-29,31-32H,1-2H3. The number of hydrogen-bond donors (Lipinski definition) is 2. The molecule has 4 unspecified atom stereocenters. The average molecular weight is 481 g/mol. The Bertz CT molecular complexity index is 1450. The summed E-state index contributed by atoms with van der Waals surface area (Å²) in [6.07, 6.45) is 2.58. The van der Waals surface area contributed by atoms with Crippen molar-refractivity contribution in [3.63, 3.8) is 0 Å². The van der Waals surface area contributed by atoms with Crippen LogP contribution in [0.4, 0.5) is 0 Å². The van der Waals surface area contributed by atoms with Gasteiger partial charge in [-0.15, -0.1) is 0 Å². The van der Waals surface area contributed by atoms with Gasteiger partial charge in [-0.2, -0.15) is 0 Å². The van der Waals surface area contributed by atoms with E-state index in [1.54, 1.807) is 0 Å². The number of para-hydroxylation sites is 3. The SMILES string of the molecule is CC1(C)OC2OC(C(c3c[nH]c4ccccc34)c3c[nH]c4ccccc34)C(Oc3ccccc3)C2O1. The molecule has 0 amide bonds. The third kappa shape index (κ3) is 3.53. The Morgan fingerprint density at radius 3 is 1.97 bits per heavy atom. The van der Waals surface area contributed by atoms with Crippen LogP contribution in [0.1, 0.15) is 30.9 Å². The molecular formula is C30H28N2O4. The number of aromatic amines is 2. The van der Waals surface area contributed by atoms with Gasteiger partial charge < -0.3 is 28.9 Å². The van der Waals surface area contributed by atoms with Gasteiger partial charge in [0.25, 0.3) is 0 Å². The fourth-order valence-corrected chi connectivity index (χ4v) is 5.79. The van der Waals surface area contributed by atoms with Crippen molar-refractivity contribution in [2.24, 2.45) is 0 Å². The molecule has 2 saturated heterocycles. The molecule has 6 heteroatoms. The zero-order valence-corrected chi connectivity index (χ0v) is 20.2. The molecular weight excluding hydrogens is 452 g/mol. The molecule has 3 aromatic carbocycles. The Kier molecular flexibility index (Phi) is 4.96. The Hall–Kier alpha value is -3.58.